The van der Waals surface area contributed by atoms with E-state index in [1.54, 1.807) is 26.4 Å². The number of amides is 1. The third kappa shape index (κ3) is 5.23. The summed E-state index contributed by atoms with van der Waals surface area (Å²) in [7, 11) is 7.11. The molecule has 0 aliphatic heterocycles. The van der Waals surface area contributed by atoms with Gasteiger partial charge in [0.2, 0.25) is 5.91 Å². The number of carbonyl (C=O) groups excluding carboxylic acids is 1. The Hall–Kier alpha value is -2.54. The number of fused-ring (bicyclic) bond motifs is 1. The number of ether oxygens (including phenoxy) is 2. The van der Waals surface area contributed by atoms with Gasteiger partial charge in [-0.2, -0.15) is 0 Å². The zero-order valence-corrected chi connectivity index (χ0v) is 15.8. The molecular weight excluding hydrogens is 334 g/mol. The molecule has 1 amide bonds. The predicted octanol–water partition coefficient (Wildman–Crippen LogP) is 1.55. The number of hydrogen-bond donors (Lipinski definition) is 2. The highest BCUT2D eigenvalue weighted by atomic mass is 16.5. The Morgan fingerprint density at radius 3 is 2.50 bits per heavy atom. The van der Waals surface area contributed by atoms with Crippen molar-refractivity contribution in [3.05, 3.63) is 34.1 Å². The van der Waals surface area contributed by atoms with Gasteiger partial charge in [-0.25, -0.2) is 0 Å². The van der Waals surface area contributed by atoms with Gasteiger partial charge in [0.05, 0.1) is 19.7 Å². The first-order chi connectivity index (χ1) is 12.4. The summed E-state index contributed by atoms with van der Waals surface area (Å²) in [4.78, 5) is 29.1. The summed E-state index contributed by atoms with van der Waals surface area (Å²) < 4.78 is 10.6. The molecule has 2 N–H and O–H groups in total. The fourth-order valence-corrected chi connectivity index (χ4v) is 2.72. The van der Waals surface area contributed by atoms with Crippen LogP contribution in [-0.4, -0.2) is 57.2 Å². The number of pyridine rings is 1. The second-order valence-electron chi connectivity index (χ2n) is 6.42. The largest absolute Gasteiger partial charge is 0.493 e. The average Bonchev–Trinajstić information content (AvgIpc) is 2.62. The first-order valence-electron chi connectivity index (χ1n) is 8.64. The van der Waals surface area contributed by atoms with Crippen molar-refractivity contribution in [1.29, 1.82) is 0 Å². The molecule has 0 bridgehead atoms. The number of methoxy groups -OCH3 is 2. The van der Waals surface area contributed by atoms with Crippen molar-refractivity contribution in [3.63, 3.8) is 0 Å². The van der Waals surface area contributed by atoms with Crippen molar-refractivity contribution in [3.8, 4) is 11.5 Å². The van der Waals surface area contributed by atoms with Gasteiger partial charge in [0.1, 0.15) is 0 Å². The molecule has 1 aromatic carbocycles. The molecule has 7 nitrogen and oxygen atoms in total. The van der Waals surface area contributed by atoms with Crippen LogP contribution in [0.2, 0.25) is 0 Å². The lowest BCUT2D eigenvalue weighted by molar-refractivity contribution is -0.121. The van der Waals surface area contributed by atoms with E-state index >= 15 is 0 Å². The van der Waals surface area contributed by atoms with Crippen molar-refractivity contribution < 1.29 is 14.3 Å². The fraction of sp³-hybridized carbons (Fsp3) is 0.474. The van der Waals surface area contributed by atoms with Gasteiger partial charge in [-0.15, -0.1) is 0 Å². The Balaban J connectivity index is 2.04. The lowest BCUT2D eigenvalue weighted by atomic mass is 10.1. The molecule has 2 aromatic rings. The van der Waals surface area contributed by atoms with Gasteiger partial charge in [0, 0.05) is 30.0 Å². The summed E-state index contributed by atoms with van der Waals surface area (Å²) in [6.45, 7) is 1.57. The van der Waals surface area contributed by atoms with E-state index in [4.69, 9.17) is 9.47 Å². The Kier molecular flexibility index (Phi) is 7.03. The number of rotatable bonds is 9. The number of nitrogens with zero attached hydrogens (tertiary/aromatic N) is 1. The lowest BCUT2D eigenvalue weighted by Crippen LogP contribution is -2.27. The van der Waals surface area contributed by atoms with Crippen molar-refractivity contribution in [2.75, 3.05) is 41.4 Å². The van der Waals surface area contributed by atoms with Crippen LogP contribution in [0.1, 0.15) is 18.4 Å². The first-order valence-corrected chi connectivity index (χ1v) is 8.64. The van der Waals surface area contributed by atoms with Gasteiger partial charge in [-0.3, -0.25) is 9.59 Å². The monoisotopic (exact) mass is 361 g/mol. The van der Waals surface area contributed by atoms with Gasteiger partial charge < -0.3 is 24.7 Å². The van der Waals surface area contributed by atoms with Gasteiger partial charge in [0.25, 0.3) is 5.56 Å². The van der Waals surface area contributed by atoms with E-state index in [1.165, 1.54) is 0 Å². The van der Waals surface area contributed by atoms with E-state index in [2.05, 4.69) is 15.2 Å². The van der Waals surface area contributed by atoms with E-state index in [1.807, 2.05) is 20.2 Å². The molecule has 0 radical (unpaired) electrons. The highest BCUT2D eigenvalue weighted by Gasteiger charge is 2.10. The van der Waals surface area contributed by atoms with E-state index in [-0.39, 0.29) is 17.9 Å². The molecule has 0 saturated heterocycles. The Morgan fingerprint density at radius 2 is 1.85 bits per heavy atom. The highest BCUT2D eigenvalue weighted by Crippen LogP contribution is 2.31. The predicted molar refractivity (Wildman–Crippen MR) is 102 cm³/mol. The van der Waals surface area contributed by atoms with Crippen LogP contribution in [0.25, 0.3) is 10.9 Å². The maximum atomic E-state index is 12.3. The van der Waals surface area contributed by atoms with Crippen LogP contribution in [-0.2, 0) is 11.2 Å². The molecule has 0 aliphatic rings. The number of aryl methyl sites for hydroxylation is 1. The Bertz CT molecular complexity index is 814. The van der Waals surface area contributed by atoms with Crippen LogP contribution in [0.4, 0.5) is 0 Å². The van der Waals surface area contributed by atoms with Gasteiger partial charge in [-0.05, 0) is 45.6 Å². The van der Waals surface area contributed by atoms with E-state index in [0.717, 1.165) is 18.4 Å². The third-order valence-corrected chi connectivity index (χ3v) is 4.15. The molecule has 0 unspecified atom stereocenters. The maximum absolute atomic E-state index is 12.3. The van der Waals surface area contributed by atoms with Crippen LogP contribution < -0.4 is 20.3 Å². The van der Waals surface area contributed by atoms with Crippen LogP contribution in [0.15, 0.2) is 23.0 Å². The molecule has 1 aromatic heterocycles. The molecule has 1 heterocycles. The zero-order valence-electron chi connectivity index (χ0n) is 15.8. The normalized spacial score (nSPS) is 11.0. The van der Waals surface area contributed by atoms with Crippen LogP contribution in [0.3, 0.4) is 0 Å². The maximum Gasteiger partial charge on any atom is 0.251 e. The van der Waals surface area contributed by atoms with Crippen molar-refractivity contribution >= 4 is 16.8 Å². The second-order valence-corrected chi connectivity index (χ2v) is 6.42. The second kappa shape index (κ2) is 9.24. The molecule has 0 saturated carbocycles. The van der Waals surface area contributed by atoms with Gasteiger partial charge in [-0.1, -0.05) is 0 Å². The summed E-state index contributed by atoms with van der Waals surface area (Å²) in [5.74, 6) is 1.10. The Labute approximate surface area is 153 Å². The van der Waals surface area contributed by atoms with Crippen LogP contribution in [0.5, 0.6) is 11.5 Å². The first kappa shape index (κ1) is 19.8. The molecule has 0 atom stereocenters. The van der Waals surface area contributed by atoms with Crippen molar-refractivity contribution in [2.24, 2.45) is 0 Å². The number of benzene rings is 1. The molecule has 26 heavy (non-hydrogen) atoms. The summed E-state index contributed by atoms with van der Waals surface area (Å²) in [6.07, 6.45) is 1.57. The minimum atomic E-state index is -0.190. The minimum absolute atomic E-state index is 0.0458. The zero-order chi connectivity index (χ0) is 19.1. The van der Waals surface area contributed by atoms with Crippen molar-refractivity contribution in [2.45, 2.75) is 19.3 Å². The summed E-state index contributed by atoms with van der Waals surface area (Å²) in [5.41, 5.74) is 1.06. The smallest absolute Gasteiger partial charge is 0.251 e. The number of carbonyl (C=O) groups is 1. The summed E-state index contributed by atoms with van der Waals surface area (Å²) >= 11 is 0. The molecule has 0 aliphatic carbocycles. The quantitative estimate of drug-likeness (QED) is 0.662. The van der Waals surface area contributed by atoms with E-state index < -0.39 is 0 Å². The van der Waals surface area contributed by atoms with E-state index in [9.17, 15) is 9.59 Å². The number of aromatic nitrogens is 1. The number of hydrogen-bond acceptors (Lipinski definition) is 5. The third-order valence-electron chi connectivity index (χ3n) is 4.15. The molecule has 0 fully saturated rings. The molecule has 0 spiro atoms. The van der Waals surface area contributed by atoms with Gasteiger partial charge >= 0.3 is 0 Å². The fourth-order valence-electron chi connectivity index (χ4n) is 2.72. The summed E-state index contributed by atoms with van der Waals surface area (Å²) in [6, 6.07) is 5.35. The number of nitrogens with one attached hydrogen (secondary N) is 2. The average molecular weight is 361 g/mol. The number of aromatic amines is 1. The van der Waals surface area contributed by atoms with Gasteiger partial charge in [0.15, 0.2) is 11.5 Å². The van der Waals surface area contributed by atoms with E-state index in [0.29, 0.717) is 35.5 Å². The minimum Gasteiger partial charge on any atom is -0.493 e. The van der Waals surface area contributed by atoms with Crippen LogP contribution in [0, 0.1) is 0 Å². The topological polar surface area (TPSA) is 83.7 Å². The molecule has 2 rings (SSSR count). The Morgan fingerprint density at radius 1 is 1.15 bits per heavy atom. The summed E-state index contributed by atoms with van der Waals surface area (Å²) in [5, 5.41) is 3.72. The molecular formula is C19H27N3O4. The number of H-pyrrole nitrogens is 1. The van der Waals surface area contributed by atoms with Crippen molar-refractivity contribution in [1.82, 2.24) is 15.2 Å². The SMILES string of the molecule is COc1cc2cc(CCC(=O)NCCCN(C)C)c(=O)[nH]c2cc1OC. The lowest BCUT2D eigenvalue weighted by Gasteiger charge is -2.11. The standard InChI is InChI=1S/C19H27N3O4/c1-22(2)9-5-8-20-18(23)7-6-13-10-14-11-16(25-3)17(26-4)12-15(14)21-19(13)24/h10-12H,5-9H2,1-4H3,(H,20,23)(H,21,24). The van der Waals surface area contributed by atoms with Crippen LogP contribution >= 0.6 is 0 Å². The highest BCUT2D eigenvalue weighted by molar-refractivity contribution is 5.83. The molecule has 7 heteroatoms. The molecule has 142 valence electrons.